The first kappa shape index (κ1) is 36.2. The number of hydrogen-bond acceptors (Lipinski definition) is 9. The standard InChI is InChI=1S/C32H56N6O5/c1-4-6-7-8-9-10-11-12-13-14-15-16-17-18-26(39)42-21-25(22-43-31(41)27(33)24(3)5-2)19-20-38-23-35-28-29(38)36-32(34)37-30(28)40/h23-25,27H,4-22,33H2,1-3H3,(H3,34,36,37,40)/t24-,25?,27-/m0/s1. The van der Waals surface area contributed by atoms with Crippen LogP contribution in [0.4, 0.5) is 5.95 Å². The fourth-order valence-electron chi connectivity index (χ4n) is 5.02. The number of fused-ring (bicyclic) bond motifs is 1. The molecule has 2 rings (SSSR count). The minimum Gasteiger partial charge on any atom is -0.465 e. The van der Waals surface area contributed by atoms with Gasteiger partial charge in [0, 0.05) is 18.9 Å². The number of aromatic amines is 1. The number of carbonyl (C=O) groups excluding carboxylic acids is 2. The zero-order valence-electron chi connectivity index (χ0n) is 26.8. The molecule has 11 nitrogen and oxygen atoms in total. The number of esters is 2. The molecule has 0 bridgehead atoms. The predicted molar refractivity (Wildman–Crippen MR) is 170 cm³/mol. The number of nitrogens with zero attached hydrogens (tertiary/aromatic N) is 3. The second-order valence-corrected chi connectivity index (χ2v) is 11.9. The molecule has 0 aliphatic rings. The summed E-state index contributed by atoms with van der Waals surface area (Å²) in [6, 6.07) is -0.708. The Morgan fingerprint density at radius 2 is 1.51 bits per heavy atom. The fraction of sp³-hybridized carbons (Fsp3) is 0.781. The van der Waals surface area contributed by atoms with E-state index in [0.29, 0.717) is 25.0 Å². The highest BCUT2D eigenvalue weighted by Crippen LogP contribution is 2.16. The quantitative estimate of drug-likeness (QED) is 0.101. The van der Waals surface area contributed by atoms with Crippen molar-refractivity contribution in [2.75, 3.05) is 18.9 Å². The summed E-state index contributed by atoms with van der Waals surface area (Å²) >= 11 is 0. The van der Waals surface area contributed by atoms with Gasteiger partial charge in [-0.05, 0) is 18.8 Å². The van der Waals surface area contributed by atoms with E-state index in [2.05, 4.69) is 21.9 Å². The number of ether oxygens (including phenoxy) is 2. The van der Waals surface area contributed by atoms with Crippen molar-refractivity contribution in [3.8, 4) is 0 Å². The third kappa shape index (κ3) is 13.9. The van der Waals surface area contributed by atoms with Crippen LogP contribution in [0.15, 0.2) is 11.1 Å². The molecule has 0 aromatic carbocycles. The van der Waals surface area contributed by atoms with Crippen LogP contribution in [0.1, 0.15) is 124 Å². The number of aryl methyl sites for hydroxylation is 1. The van der Waals surface area contributed by atoms with Gasteiger partial charge in [-0.15, -0.1) is 0 Å². The minimum atomic E-state index is -0.708. The van der Waals surface area contributed by atoms with E-state index < -0.39 is 17.6 Å². The topological polar surface area (TPSA) is 168 Å². The molecule has 0 aliphatic heterocycles. The number of aromatic nitrogens is 4. The van der Waals surface area contributed by atoms with Crippen molar-refractivity contribution in [2.24, 2.45) is 17.6 Å². The highest BCUT2D eigenvalue weighted by Gasteiger charge is 2.23. The lowest BCUT2D eigenvalue weighted by molar-refractivity contribution is -0.151. The lowest BCUT2D eigenvalue weighted by Gasteiger charge is -2.21. The largest absolute Gasteiger partial charge is 0.465 e. The summed E-state index contributed by atoms with van der Waals surface area (Å²) in [6.45, 7) is 6.73. The number of nitrogens with one attached hydrogen (secondary N) is 1. The number of anilines is 1. The van der Waals surface area contributed by atoms with Crippen molar-refractivity contribution in [1.29, 1.82) is 0 Å². The van der Waals surface area contributed by atoms with Gasteiger partial charge in [0.15, 0.2) is 11.2 Å². The maximum atomic E-state index is 12.5. The third-order valence-electron chi connectivity index (χ3n) is 8.23. The van der Waals surface area contributed by atoms with Crippen molar-refractivity contribution < 1.29 is 19.1 Å². The molecule has 2 aromatic heterocycles. The van der Waals surface area contributed by atoms with Crippen LogP contribution in [0.3, 0.4) is 0 Å². The Labute approximate surface area is 256 Å². The van der Waals surface area contributed by atoms with Crippen molar-refractivity contribution in [3.63, 3.8) is 0 Å². The zero-order chi connectivity index (χ0) is 31.5. The van der Waals surface area contributed by atoms with E-state index in [-0.39, 0.29) is 42.5 Å². The minimum absolute atomic E-state index is 0.00367. The third-order valence-corrected chi connectivity index (χ3v) is 8.23. The molecule has 2 aromatic rings. The number of H-pyrrole nitrogens is 1. The fourth-order valence-corrected chi connectivity index (χ4v) is 5.02. The lowest BCUT2D eigenvalue weighted by Crippen LogP contribution is -2.39. The summed E-state index contributed by atoms with van der Waals surface area (Å²) in [5.74, 6) is -0.973. The van der Waals surface area contributed by atoms with Gasteiger partial charge in [-0.1, -0.05) is 104 Å². The van der Waals surface area contributed by atoms with Crippen LogP contribution in [-0.4, -0.2) is 50.7 Å². The van der Waals surface area contributed by atoms with Gasteiger partial charge in [-0.25, -0.2) is 4.98 Å². The van der Waals surface area contributed by atoms with Crippen LogP contribution in [0.25, 0.3) is 11.2 Å². The zero-order valence-corrected chi connectivity index (χ0v) is 26.8. The van der Waals surface area contributed by atoms with Gasteiger partial charge in [0.1, 0.15) is 6.04 Å². The average Bonchev–Trinajstić information content (AvgIpc) is 3.40. The van der Waals surface area contributed by atoms with Gasteiger partial charge >= 0.3 is 11.9 Å². The van der Waals surface area contributed by atoms with E-state index in [0.717, 1.165) is 25.7 Å². The van der Waals surface area contributed by atoms with Gasteiger partial charge in [0.25, 0.3) is 5.56 Å². The molecular formula is C32H56N6O5. The summed E-state index contributed by atoms with van der Waals surface area (Å²) in [6.07, 6.45) is 19.4. The second kappa shape index (κ2) is 20.9. The average molecular weight is 605 g/mol. The molecular weight excluding hydrogens is 548 g/mol. The first-order valence-corrected chi connectivity index (χ1v) is 16.5. The second-order valence-electron chi connectivity index (χ2n) is 11.9. The van der Waals surface area contributed by atoms with Crippen LogP contribution < -0.4 is 17.0 Å². The summed E-state index contributed by atoms with van der Waals surface area (Å²) in [7, 11) is 0. The summed E-state index contributed by atoms with van der Waals surface area (Å²) in [4.78, 5) is 47.8. The number of unbranched alkanes of at least 4 members (excludes halogenated alkanes) is 12. The lowest BCUT2D eigenvalue weighted by atomic mass is 10.0. The summed E-state index contributed by atoms with van der Waals surface area (Å²) in [5.41, 5.74) is 11.9. The predicted octanol–water partition coefficient (Wildman–Crippen LogP) is 5.65. The molecule has 11 heteroatoms. The van der Waals surface area contributed by atoms with Gasteiger partial charge in [0.2, 0.25) is 5.95 Å². The number of hydrogen-bond donors (Lipinski definition) is 3. The highest BCUT2D eigenvalue weighted by atomic mass is 16.5. The van der Waals surface area contributed by atoms with E-state index in [1.54, 1.807) is 4.57 Å². The molecule has 0 amide bonds. The smallest absolute Gasteiger partial charge is 0.323 e. The normalized spacial score (nSPS) is 13.6. The first-order valence-electron chi connectivity index (χ1n) is 16.5. The van der Waals surface area contributed by atoms with E-state index >= 15 is 0 Å². The molecule has 2 heterocycles. The Hall–Kier alpha value is -2.95. The van der Waals surface area contributed by atoms with Gasteiger partial charge in [-0.2, -0.15) is 4.98 Å². The van der Waals surface area contributed by atoms with E-state index in [9.17, 15) is 14.4 Å². The number of imidazole rings is 1. The van der Waals surface area contributed by atoms with Crippen molar-refractivity contribution in [1.82, 2.24) is 19.5 Å². The Bertz CT molecular complexity index is 1130. The molecule has 0 radical (unpaired) electrons. The van der Waals surface area contributed by atoms with Gasteiger partial charge in [0.05, 0.1) is 19.5 Å². The van der Waals surface area contributed by atoms with E-state index in [1.807, 2.05) is 13.8 Å². The van der Waals surface area contributed by atoms with Crippen LogP contribution in [0.5, 0.6) is 0 Å². The Morgan fingerprint density at radius 3 is 2.12 bits per heavy atom. The maximum Gasteiger partial charge on any atom is 0.323 e. The molecule has 5 N–H and O–H groups in total. The maximum absolute atomic E-state index is 12.5. The number of rotatable bonds is 24. The Balaban J connectivity index is 1.74. The molecule has 43 heavy (non-hydrogen) atoms. The molecule has 0 spiro atoms. The summed E-state index contributed by atoms with van der Waals surface area (Å²) in [5, 5.41) is 0. The van der Waals surface area contributed by atoms with Crippen LogP contribution in [-0.2, 0) is 25.6 Å². The number of nitrogens with two attached hydrogens (primary N) is 2. The number of carbonyl (C=O) groups is 2. The number of nitrogen functional groups attached to an aromatic ring is 1. The van der Waals surface area contributed by atoms with Crippen LogP contribution in [0.2, 0.25) is 0 Å². The molecule has 244 valence electrons. The Kier molecular flexibility index (Phi) is 17.6. The van der Waals surface area contributed by atoms with E-state index in [4.69, 9.17) is 20.9 Å². The van der Waals surface area contributed by atoms with Crippen molar-refractivity contribution in [2.45, 2.75) is 136 Å². The summed E-state index contributed by atoms with van der Waals surface area (Å²) < 4.78 is 12.8. The SMILES string of the molecule is CCCCCCCCCCCCCCCC(=O)OCC(CCn1cnc2c(=O)[nH]c(N)nc21)COC(=O)[C@@H](N)[C@@H](C)CC. The Morgan fingerprint density at radius 1 is 0.930 bits per heavy atom. The molecule has 1 unspecified atom stereocenters. The molecule has 0 saturated heterocycles. The van der Waals surface area contributed by atoms with Crippen LogP contribution in [0, 0.1) is 11.8 Å². The van der Waals surface area contributed by atoms with Gasteiger partial charge < -0.3 is 25.5 Å². The molecule has 0 fully saturated rings. The van der Waals surface area contributed by atoms with Gasteiger partial charge in [-0.3, -0.25) is 19.4 Å². The monoisotopic (exact) mass is 604 g/mol. The molecule has 0 saturated carbocycles. The highest BCUT2D eigenvalue weighted by molar-refractivity contribution is 5.75. The van der Waals surface area contributed by atoms with Crippen molar-refractivity contribution in [3.05, 3.63) is 16.7 Å². The molecule has 0 aliphatic carbocycles. The molecule has 3 atom stereocenters. The van der Waals surface area contributed by atoms with E-state index in [1.165, 1.54) is 70.5 Å². The van der Waals surface area contributed by atoms with Crippen molar-refractivity contribution >= 4 is 29.1 Å². The van der Waals surface area contributed by atoms with Crippen LogP contribution >= 0.6 is 0 Å². The first-order chi connectivity index (χ1) is 20.8.